The van der Waals surface area contributed by atoms with Crippen molar-refractivity contribution in [2.45, 2.75) is 32.9 Å². The SMILES string of the molecule is CC(C)(C)OC(=O)N1CCN(Cc2ccc(F)c(Cl)c2)CC1. The third kappa shape index (κ3) is 4.85. The molecule has 1 amide bonds. The maximum absolute atomic E-state index is 13.1. The van der Waals surface area contributed by atoms with E-state index in [1.54, 1.807) is 17.0 Å². The minimum atomic E-state index is -0.473. The van der Waals surface area contributed by atoms with Crippen LogP contribution in [0, 0.1) is 5.82 Å². The van der Waals surface area contributed by atoms with Gasteiger partial charge < -0.3 is 9.64 Å². The van der Waals surface area contributed by atoms with Crippen molar-refractivity contribution in [3.63, 3.8) is 0 Å². The molecule has 0 radical (unpaired) electrons. The average molecular weight is 329 g/mol. The van der Waals surface area contributed by atoms with Crippen molar-refractivity contribution in [3.05, 3.63) is 34.6 Å². The predicted octanol–water partition coefficient (Wildman–Crippen LogP) is 3.53. The van der Waals surface area contributed by atoms with Gasteiger partial charge in [-0.3, -0.25) is 4.90 Å². The summed E-state index contributed by atoms with van der Waals surface area (Å²) in [5.41, 5.74) is 0.496. The first-order chi connectivity index (χ1) is 10.2. The number of nitrogens with zero attached hydrogens (tertiary/aromatic N) is 2. The average Bonchev–Trinajstić information content (AvgIpc) is 2.42. The highest BCUT2D eigenvalue weighted by Crippen LogP contribution is 2.18. The molecule has 1 aromatic rings. The first kappa shape index (κ1) is 17.0. The number of benzene rings is 1. The predicted molar refractivity (Wildman–Crippen MR) is 84.5 cm³/mol. The van der Waals surface area contributed by atoms with Gasteiger partial charge in [0.25, 0.3) is 0 Å². The Morgan fingerprint density at radius 1 is 1.27 bits per heavy atom. The van der Waals surface area contributed by atoms with E-state index in [-0.39, 0.29) is 11.1 Å². The summed E-state index contributed by atoms with van der Waals surface area (Å²) in [6.45, 7) is 9.05. The van der Waals surface area contributed by atoms with Crippen molar-refractivity contribution in [1.82, 2.24) is 9.80 Å². The number of hydrogen-bond acceptors (Lipinski definition) is 3. The molecule has 1 aliphatic heterocycles. The van der Waals surface area contributed by atoms with Crippen LogP contribution in [0.2, 0.25) is 5.02 Å². The van der Waals surface area contributed by atoms with Gasteiger partial charge in [-0.15, -0.1) is 0 Å². The molecule has 4 nitrogen and oxygen atoms in total. The topological polar surface area (TPSA) is 32.8 Å². The normalized spacial score (nSPS) is 16.7. The Kier molecular flexibility index (Phi) is 5.29. The molecule has 22 heavy (non-hydrogen) atoms. The summed E-state index contributed by atoms with van der Waals surface area (Å²) in [4.78, 5) is 15.9. The Morgan fingerprint density at radius 2 is 1.91 bits per heavy atom. The number of halogens is 2. The van der Waals surface area contributed by atoms with Crippen LogP contribution in [0.4, 0.5) is 9.18 Å². The van der Waals surface area contributed by atoms with Gasteiger partial charge in [0.15, 0.2) is 0 Å². The summed E-state index contributed by atoms with van der Waals surface area (Å²) in [7, 11) is 0. The highest BCUT2D eigenvalue weighted by molar-refractivity contribution is 6.30. The monoisotopic (exact) mass is 328 g/mol. The Labute approximate surface area is 135 Å². The molecular weight excluding hydrogens is 307 g/mol. The van der Waals surface area contributed by atoms with Crippen molar-refractivity contribution in [2.24, 2.45) is 0 Å². The fourth-order valence-electron chi connectivity index (χ4n) is 2.31. The minimum Gasteiger partial charge on any atom is -0.444 e. The highest BCUT2D eigenvalue weighted by Gasteiger charge is 2.25. The molecule has 122 valence electrons. The number of piperazine rings is 1. The van der Waals surface area contributed by atoms with E-state index in [1.807, 2.05) is 20.8 Å². The molecule has 0 spiro atoms. The van der Waals surface area contributed by atoms with Gasteiger partial charge in [-0.1, -0.05) is 17.7 Å². The van der Waals surface area contributed by atoms with E-state index in [2.05, 4.69) is 4.90 Å². The van der Waals surface area contributed by atoms with E-state index in [0.29, 0.717) is 19.6 Å². The first-order valence-corrected chi connectivity index (χ1v) is 7.76. The fourth-order valence-corrected chi connectivity index (χ4v) is 2.51. The van der Waals surface area contributed by atoms with E-state index < -0.39 is 11.4 Å². The van der Waals surface area contributed by atoms with Gasteiger partial charge in [-0.25, -0.2) is 9.18 Å². The van der Waals surface area contributed by atoms with Crippen LogP contribution in [0.25, 0.3) is 0 Å². The second-order valence-electron chi connectivity index (χ2n) is 6.49. The van der Waals surface area contributed by atoms with Crippen LogP contribution in [-0.2, 0) is 11.3 Å². The van der Waals surface area contributed by atoms with E-state index in [0.717, 1.165) is 18.7 Å². The summed E-state index contributed by atoms with van der Waals surface area (Å²) in [6, 6.07) is 4.77. The van der Waals surface area contributed by atoms with Crippen molar-refractivity contribution >= 4 is 17.7 Å². The number of amides is 1. The van der Waals surface area contributed by atoms with Crippen LogP contribution in [0.5, 0.6) is 0 Å². The van der Waals surface area contributed by atoms with Crippen molar-refractivity contribution in [1.29, 1.82) is 0 Å². The van der Waals surface area contributed by atoms with Gasteiger partial charge in [0.05, 0.1) is 5.02 Å². The lowest BCUT2D eigenvalue weighted by Gasteiger charge is -2.35. The van der Waals surface area contributed by atoms with Gasteiger partial charge in [0, 0.05) is 32.7 Å². The molecule has 1 saturated heterocycles. The Hall–Kier alpha value is -1.33. The summed E-state index contributed by atoms with van der Waals surface area (Å²) >= 11 is 5.79. The smallest absolute Gasteiger partial charge is 0.410 e. The summed E-state index contributed by atoms with van der Waals surface area (Å²) in [5, 5.41) is 0.143. The molecule has 2 rings (SSSR count). The van der Waals surface area contributed by atoms with Crippen molar-refractivity contribution < 1.29 is 13.9 Å². The standard InChI is InChI=1S/C16H22ClFN2O2/c1-16(2,3)22-15(21)20-8-6-19(7-9-20)11-12-4-5-14(18)13(17)10-12/h4-5,10H,6-9,11H2,1-3H3. The third-order valence-electron chi connectivity index (χ3n) is 3.41. The van der Waals surface area contributed by atoms with Crippen LogP contribution in [0.1, 0.15) is 26.3 Å². The second kappa shape index (κ2) is 6.84. The number of hydrogen-bond donors (Lipinski definition) is 0. The lowest BCUT2D eigenvalue weighted by atomic mass is 10.2. The van der Waals surface area contributed by atoms with Gasteiger partial charge in [0.1, 0.15) is 11.4 Å². The highest BCUT2D eigenvalue weighted by atomic mass is 35.5. The number of rotatable bonds is 2. The molecule has 1 aromatic carbocycles. The lowest BCUT2D eigenvalue weighted by Crippen LogP contribution is -2.49. The van der Waals surface area contributed by atoms with E-state index >= 15 is 0 Å². The van der Waals surface area contributed by atoms with Crippen LogP contribution in [-0.4, -0.2) is 47.7 Å². The minimum absolute atomic E-state index is 0.143. The zero-order valence-electron chi connectivity index (χ0n) is 13.2. The molecule has 0 bridgehead atoms. The quantitative estimate of drug-likeness (QED) is 0.832. The van der Waals surface area contributed by atoms with Crippen LogP contribution >= 0.6 is 11.6 Å². The van der Waals surface area contributed by atoms with Gasteiger partial charge in [-0.2, -0.15) is 0 Å². The molecule has 0 atom stereocenters. The summed E-state index contributed by atoms with van der Waals surface area (Å²) in [5.74, 6) is -0.403. The van der Waals surface area contributed by atoms with Gasteiger partial charge in [-0.05, 0) is 38.5 Å². The van der Waals surface area contributed by atoms with Crippen LogP contribution in [0.15, 0.2) is 18.2 Å². The van der Waals surface area contributed by atoms with Crippen LogP contribution < -0.4 is 0 Å². The maximum atomic E-state index is 13.1. The molecule has 1 heterocycles. The zero-order valence-corrected chi connectivity index (χ0v) is 14.0. The molecular formula is C16H22ClFN2O2. The van der Waals surface area contributed by atoms with Gasteiger partial charge >= 0.3 is 6.09 Å². The molecule has 0 N–H and O–H groups in total. The molecule has 1 fully saturated rings. The van der Waals surface area contributed by atoms with E-state index in [4.69, 9.17) is 16.3 Å². The zero-order chi connectivity index (χ0) is 16.3. The summed E-state index contributed by atoms with van der Waals surface area (Å²) in [6.07, 6.45) is -0.267. The Balaban J connectivity index is 1.84. The lowest BCUT2D eigenvalue weighted by molar-refractivity contribution is 0.0139. The van der Waals surface area contributed by atoms with E-state index in [9.17, 15) is 9.18 Å². The first-order valence-electron chi connectivity index (χ1n) is 7.39. The number of ether oxygens (including phenoxy) is 1. The second-order valence-corrected chi connectivity index (χ2v) is 6.90. The molecule has 0 unspecified atom stereocenters. The van der Waals surface area contributed by atoms with E-state index in [1.165, 1.54) is 6.07 Å². The van der Waals surface area contributed by atoms with Crippen LogP contribution in [0.3, 0.4) is 0 Å². The molecule has 6 heteroatoms. The molecule has 0 aromatic heterocycles. The molecule has 0 saturated carbocycles. The van der Waals surface area contributed by atoms with Crippen molar-refractivity contribution in [2.75, 3.05) is 26.2 Å². The fraction of sp³-hybridized carbons (Fsp3) is 0.562. The summed E-state index contributed by atoms with van der Waals surface area (Å²) < 4.78 is 18.5. The van der Waals surface area contributed by atoms with Crippen molar-refractivity contribution in [3.8, 4) is 0 Å². The maximum Gasteiger partial charge on any atom is 0.410 e. The Bertz CT molecular complexity index is 537. The molecule has 1 aliphatic rings. The number of carbonyl (C=O) groups excluding carboxylic acids is 1. The molecule has 0 aliphatic carbocycles. The largest absolute Gasteiger partial charge is 0.444 e. The third-order valence-corrected chi connectivity index (χ3v) is 3.70. The van der Waals surface area contributed by atoms with Gasteiger partial charge in [0.2, 0.25) is 0 Å². The number of carbonyl (C=O) groups is 1. The Morgan fingerprint density at radius 3 is 2.45 bits per heavy atom.